The molecule has 1 saturated heterocycles. The van der Waals surface area contributed by atoms with Gasteiger partial charge in [0.1, 0.15) is 17.5 Å². The normalized spacial score (nSPS) is 21.3. The molecular formula is C25H24F2N4O4. The van der Waals surface area contributed by atoms with Crippen LogP contribution in [-0.2, 0) is 13.0 Å². The van der Waals surface area contributed by atoms with Crippen molar-refractivity contribution in [1.82, 2.24) is 20.2 Å². The molecular weight excluding hydrogens is 458 g/mol. The van der Waals surface area contributed by atoms with Crippen molar-refractivity contribution < 1.29 is 23.0 Å². The highest BCUT2D eigenvalue weighted by molar-refractivity contribution is 5.92. The Morgan fingerprint density at radius 3 is 2.86 bits per heavy atom. The second kappa shape index (κ2) is 8.30. The molecule has 0 spiro atoms. The number of hydrogen-bond donors (Lipinski definition) is 2. The van der Waals surface area contributed by atoms with Crippen LogP contribution in [0.5, 0.6) is 11.5 Å². The number of likely N-dealkylation sites (tertiary alicyclic amines) is 1. The first-order chi connectivity index (χ1) is 16.9. The second-order valence-electron chi connectivity index (χ2n) is 9.38. The van der Waals surface area contributed by atoms with E-state index in [1.54, 1.807) is 12.1 Å². The molecule has 35 heavy (non-hydrogen) atoms. The summed E-state index contributed by atoms with van der Waals surface area (Å²) in [5, 5.41) is 3.34. The van der Waals surface area contributed by atoms with E-state index in [0.29, 0.717) is 48.4 Å². The van der Waals surface area contributed by atoms with Crippen molar-refractivity contribution >= 4 is 16.8 Å². The van der Waals surface area contributed by atoms with Gasteiger partial charge < -0.3 is 19.8 Å². The molecule has 1 aliphatic carbocycles. The van der Waals surface area contributed by atoms with E-state index in [-0.39, 0.29) is 40.7 Å². The SMILES string of the molecule is CC1C(Oc2ccc(C(=O)NC3CC3)nc2F)CN1Cc1ccc2c3c(c(=O)[nH]c2c1F)CCO3. The van der Waals surface area contributed by atoms with Crippen LogP contribution in [0.4, 0.5) is 8.78 Å². The molecule has 182 valence electrons. The number of hydrogen-bond acceptors (Lipinski definition) is 6. The van der Waals surface area contributed by atoms with Gasteiger partial charge in [-0.3, -0.25) is 14.5 Å². The lowest BCUT2D eigenvalue weighted by Gasteiger charge is -2.45. The molecule has 0 bridgehead atoms. The van der Waals surface area contributed by atoms with E-state index in [4.69, 9.17) is 9.47 Å². The van der Waals surface area contributed by atoms with Gasteiger partial charge in [-0.15, -0.1) is 0 Å². The van der Waals surface area contributed by atoms with E-state index >= 15 is 4.39 Å². The smallest absolute Gasteiger partial charge is 0.270 e. The Bertz CT molecular complexity index is 1400. The minimum absolute atomic E-state index is 0.0194. The van der Waals surface area contributed by atoms with Gasteiger partial charge in [0.15, 0.2) is 11.6 Å². The number of halogens is 2. The van der Waals surface area contributed by atoms with Gasteiger partial charge in [-0.25, -0.2) is 9.37 Å². The number of pyridine rings is 2. The van der Waals surface area contributed by atoms with Gasteiger partial charge in [0.05, 0.1) is 17.7 Å². The van der Waals surface area contributed by atoms with Crippen LogP contribution < -0.4 is 20.3 Å². The van der Waals surface area contributed by atoms with E-state index < -0.39 is 17.7 Å². The summed E-state index contributed by atoms with van der Waals surface area (Å²) in [5.41, 5.74) is 0.840. The third-order valence-corrected chi connectivity index (χ3v) is 6.99. The van der Waals surface area contributed by atoms with Crippen LogP contribution in [0, 0.1) is 11.8 Å². The van der Waals surface area contributed by atoms with Gasteiger partial charge in [0.25, 0.3) is 17.4 Å². The molecule has 10 heteroatoms. The molecule has 2 fully saturated rings. The number of ether oxygens (including phenoxy) is 2. The van der Waals surface area contributed by atoms with Gasteiger partial charge in [0, 0.05) is 42.5 Å². The quantitative estimate of drug-likeness (QED) is 0.525. The number of aromatic amines is 1. The minimum atomic E-state index is -0.835. The van der Waals surface area contributed by atoms with Crippen LogP contribution in [-0.4, -0.2) is 52.1 Å². The lowest BCUT2D eigenvalue weighted by atomic mass is 9.98. The number of amides is 1. The topological polar surface area (TPSA) is 96.5 Å². The van der Waals surface area contributed by atoms with E-state index in [1.807, 2.05) is 11.8 Å². The fourth-order valence-electron chi connectivity index (χ4n) is 4.65. The Hall–Kier alpha value is -3.53. The summed E-state index contributed by atoms with van der Waals surface area (Å²) >= 11 is 0. The highest BCUT2D eigenvalue weighted by Crippen LogP contribution is 2.34. The van der Waals surface area contributed by atoms with Crippen LogP contribution in [0.15, 0.2) is 29.1 Å². The van der Waals surface area contributed by atoms with E-state index in [9.17, 15) is 14.0 Å². The van der Waals surface area contributed by atoms with Gasteiger partial charge in [0.2, 0.25) is 0 Å². The van der Waals surface area contributed by atoms with Crippen LogP contribution in [0.25, 0.3) is 10.9 Å². The van der Waals surface area contributed by atoms with Crippen LogP contribution in [0.3, 0.4) is 0 Å². The fraction of sp³-hybridized carbons (Fsp3) is 0.400. The van der Waals surface area contributed by atoms with Gasteiger partial charge >= 0.3 is 0 Å². The second-order valence-corrected chi connectivity index (χ2v) is 9.38. The first-order valence-electron chi connectivity index (χ1n) is 11.8. The number of carbonyl (C=O) groups is 1. The highest BCUT2D eigenvalue weighted by atomic mass is 19.1. The van der Waals surface area contributed by atoms with Crippen molar-refractivity contribution in [2.45, 2.75) is 50.9 Å². The van der Waals surface area contributed by atoms with Crippen LogP contribution in [0.1, 0.15) is 41.4 Å². The molecule has 2 unspecified atom stereocenters. The molecule has 1 saturated carbocycles. The number of rotatable bonds is 6. The van der Waals surface area contributed by atoms with Crippen molar-refractivity contribution in [2.24, 2.45) is 0 Å². The Labute approximate surface area is 199 Å². The van der Waals surface area contributed by atoms with Crippen LogP contribution in [0.2, 0.25) is 0 Å². The zero-order valence-corrected chi connectivity index (χ0v) is 19.1. The van der Waals surface area contributed by atoms with Gasteiger partial charge in [-0.2, -0.15) is 4.39 Å². The molecule has 1 amide bonds. The number of nitrogens with one attached hydrogen (secondary N) is 2. The predicted molar refractivity (Wildman–Crippen MR) is 123 cm³/mol. The van der Waals surface area contributed by atoms with Crippen molar-refractivity contribution in [2.75, 3.05) is 13.2 Å². The zero-order chi connectivity index (χ0) is 24.3. The molecule has 2 atom stereocenters. The predicted octanol–water partition coefficient (Wildman–Crippen LogP) is 2.68. The molecule has 2 aromatic heterocycles. The Balaban J connectivity index is 1.13. The highest BCUT2D eigenvalue weighted by Gasteiger charge is 2.38. The maximum absolute atomic E-state index is 15.3. The maximum Gasteiger partial charge on any atom is 0.270 e. The fourth-order valence-corrected chi connectivity index (χ4v) is 4.65. The van der Waals surface area contributed by atoms with E-state index in [2.05, 4.69) is 15.3 Å². The van der Waals surface area contributed by atoms with Crippen molar-refractivity contribution in [3.8, 4) is 11.5 Å². The number of carbonyl (C=O) groups excluding carboxylic acids is 1. The summed E-state index contributed by atoms with van der Waals surface area (Å²) in [6, 6.07) is 6.39. The number of H-pyrrole nitrogens is 1. The average Bonchev–Trinajstić information content (AvgIpc) is 3.51. The standard InChI is InChI=1S/C25H24F2N4O4/c1-12-19(35-18-7-6-17(29-23(18)27)25(33)28-14-3-4-14)11-31(12)10-13-2-5-15-21(20(13)26)30-24(32)16-8-9-34-22(15)16/h2,5-7,12,14,19H,3-4,8-11H2,1H3,(H,28,33)(H,30,32). The van der Waals surface area contributed by atoms with E-state index in [0.717, 1.165) is 12.8 Å². The summed E-state index contributed by atoms with van der Waals surface area (Å²) in [5.74, 6) is -1.26. The molecule has 1 aromatic carbocycles. The number of fused-ring (bicyclic) bond motifs is 3. The van der Waals surface area contributed by atoms with Crippen molar-refractivity contribution in [1.29, 1.82) is 0 Å². The minimum Gasteiger partial charge on any atom is -0.492 e. The third-order valence-electron chi connectivity index (χ3n) is 6.99. The Morgan fingerprint density at radius 1 is 1.29 bits per heavy atom. The summed E-state index contributed by atoms with van der Waals surface area (Å²) in [6.07, 6.45) is 2.08. The third kappa shape index (κ3) is 3.91. The molecule has 0 radical (unpaired) electrons. The lowest BCUT2D eigenvalue weighted by Crippen LogP contribution is -2.60. The summed E-state index contributed by atoms with van der Waals surface area (Å²) in [6.45, 7) is 3.11. The summed E-state index contributed by atoms with van der Waals surface area (Å²) in [7, 11) is 0. The zero-order valence-electron chi connectivity index (χ0n) is 19.1. The Morgan fingerprint density at radius 2 is 2.11 bits per heavy atom. The molecule has 6 rings (SSSR count). The number of benzene rings is 1. The molecule has 3 aliphatic rings. The summed E-state index contributed by atoms with van der Waals surface area (Å²) in [4.78, 5) is 32.8. The van der Waals surface area contributed by atoms with Gasteiger partial charge in [-0.1, -0.05) is 6.07 Å². The maximum atomic E-state index is 15.3. The van der Waals surface area contributed by atoms with Gasteiger partial charge in [-0.05, 0) is 38.0 Å². The molecule has 3 aromatic rings. The van der Waals surface area contributed by atoms with E-state index in [1.165, 1.54) is 12.1 Å². The molecule has 2 aliphatic heterocycles. The first-order valence-corrected chi connectivity index (χ1v) is 11.8. The molecule has 8 nitrogen and oxygen atoms in total. The largest absolute Gasteiger partial charge is 0.492 e. The first kappa shape index (κ1) is 22.0. The van der Waals surface area contributed by atoms with Crippen molar-refractivity contribution in [3.05, 3.63) is 63.2 Å². The monoisotopic (exact) mass is 482 g/mol. The molecule has 4 heterocycles. The Kier molecular flexibility index (Phi) is 5.21. The van der Waals surface area contributed by atoms with Crippen molar-refractivity contribution in [3.63, 3.8) is 0 Å². The molecule has 2 N–H and O–H groups in total. The lowest BCUT2D eigenvalue weighted by molar-refractivity contribution is -0.0437. The number of aromatic nitrogens is 2. The average molecular weight is 482 g/mol. The number of nitrogens with zero attached hydrogens (tertiary/aromatic N) is 2. The summed E-state index contributed by atoms with van der Waals surface area (Å²) < 4.78 is 41.1. The van der Waals surface area contributed by atoms with Crippen LogP contribution >= 0.6 is 0 Å².